The first-order valence-electron chi connectivity index (χ1n) is 7.23. The van der Waals surface area contributed by atoms with E-state index in [1.54, 1.807) is 0 Å². The summed E-state index contributed by atoms with van der Waals surface area (Å²) in [6.07, 6.45) is 3.08. The number of ether oxygens (including phenoxy) is 1. The zero-order valence-electron chi connectivity index (χ0n) is 12.7. The average molecular weight is 293 g/mol. The zero-order valence-corrected chi connectivity index (χ0v) is 12.7. The van der Waals surface area contributed by atoms with Crippen molar-refractivity contribution in [3.8, 4) is 5.88 Å². The van der Waals surface area contributed by atoms with Crippen LogP contribution >= 0.6 is 0 Å². The molecule has 1 aromatic rings. The number of primary amides is 1. The van der Waals surface area contributed by atoms with Gasteiger partial charge in [-0.15, -0.1) is 0 Å². The van der Waals surface area contributed by atoms with Crippen LogP contribution in [0.1, 0.15) is 33.6 Å². The summed E-state index contributed by atoms with van der Waals surface area (Å²) in [6.45, 7) is 6.43. The fraction of sp³-hybridized carbons (Fsp3) is 0.643. The van der Waals surface area contributed by atoms with Crippen LogP contribution in [-0.4, -0.2) is 34.6 Å². The molecule has 1 aliphatic rings. The van der Waals surface area contributed by atoms with Gasteiger partial charge in [0, 0.05) is 12.6 Å². The number of piperidine rings is 1. The normalized spacial score (nSPS) is 22.4. The first-order chi connectivity index (χ1) is 9.90. The van der Waals surface area contributed by atoms with E-state index in [2.05, 4.69) is 16.9 Å². The summed E-state index contributed by atoms with van der Waals surface area (Å²) in [5.74, 6) is 0.533. The second-order valence-corrected chi connectivity index (χ2v) is 5.76. The summed E-state index contributed by atoms with van der Waals surface area (Å²) in [7, 11) is 0. The minimum absolute atomic E-state index is 0.0211. The van der Waals surface area contributed by atoms with Gasteiger partial charge in [0.2, 0.25) is 11.8 Å². The van der Waals surface area contributed by atoms with Crippen LogP contribution in [0.3, 0.4) is 0 Å². The summed E-state index contributed by atoms with van der Waals surface area (Å²) < 4.78 is 5.59. The molecule has 116 valence electrons. The van der Waals surface area contributed by atoms with E-state index in [0.717, 1.165) is 12.8 Å². The number of anilines is 2. The van der Waals surface area contributed by atoms with Gasteiger partial charge in [0.15, 0.2) is 5.82 Å². The van der Waals surface area contributed by atoms with Crippen molar-refractivity contribution in [3.05, 3.63) is 6.33 Å². The summed E-state index contributed by atoms with van der Waals surface area (Å²) in [5.41, 5.74) is 12.0. The van der Waals surface area contributed by atoms with Gasteiger partial charge in [-0.2, -0.15) is 4.98 Å². The fourth-order valence-corrected chi connectivity index (χ4v) is 2.55. The molecular weight excluding hydrogens is 270 g/mol. The van der Waals surface area contributed by atoms with Crippen LogP contribution in [-0.2, 0) is 4.79 Å². The third kappa shape index (κ3) is 3.34. The number of rotatable bonds is 4. The van der Waals surface area contributed by atoms with Crippen LogP contribution in [0.4, 0.5) is 11.5 Å². The first kappa shape index (κ1) is 15.3. The number of nitrogens with zero attached hydrogens (tertiary/aromatic N) is 3. The molecule has 1 amide bonds. The molecule has 7 heteroatoms. The van der Waals surface area contributed by atoms with E-state index in [4.69, 9.17) is 16.2 Å². The molecular formula is C14H23N5O2. The number of carbonyl (C=O) groups is 1. The molecule has 0 aliphatic carbocycles. The Hall–Kier alpha value is -2.05. The molecule has 1 fully saturated rings. The first-order valence-corrected chi connectivity index (χ1v) is 7.23. The van der Waals surface area contributed by atoms with E-state index >= 15 is 0 Å². The summed E-state index contributed by atoms with van der Waals surface area (Å²) in [6, 6.07) is 0.240. The predicted octanol–water partition coefficient (Wildman–Crippen LogP) is 0.936. The van der Waals surface area contributed by atoms with Crippen molar-refractivity contribution in [2.45, 2.75) is 45.8 Å². The van der Waals surface area contributed by atoms with Crippen LogP contribution in [0, 0.1) is 5.92 Å². The summed E-state index contributed by atoms with van der Waals surface area (Å²) in [5, 5.41) is 0. The Labute approximate surface area is 124 Å². The van der Waals surface area contributed by atoms with E-state index in [-0.39, 0.29) is 24.0 Å². The number of nitrogen functional groups attached to an aromatic ring is 1. The number of carbonyl (C=O) groups excluding carboxylic acids is 1. The van der Waals surface area contributed by atoms with Gasteiger partial charge in [0.25, 0.3) is 0 Å². The van der Waals surface area contributed by atoms with Crippen LogP contribution in [0.5, 0.6) is 5.88 Å². The van der Waals surface area contributed by atoms with Gasteiger partial charge in [-0.25, -0.2) is 4.98 Å². The maximum Gasteiger partial charge on any atom is 0.242 e. The van der Waals surface area contributed by atoms with Gasteiger partial charge >= 0.3 is 0 Å². The van der Waals surface area contributed by atoms with Crippen LogP contribution in [0.15, 0.2) is 6.33 Å². The third-order valence-corrected chi connectivity index (χ3v) is 3.73. The zero-order chi connectivity index (χ0) is 15.6. The molecule has 2 rings (SSSR count). The second-order valence-electron chi connectivity index (χ2n) is 5.76. The topological polar surface area (TPSA) is 107 Å². The van der Waals surface area contributed by atoms with Crippen molar-refractivity contribution in [1.29, 1.82) is 0 Å². The quantitative estimate of drug-likeness (QED) is 0.855. The molecule has 2 unspecified atom stereocenters. The molecule has 0 spiro atoms. The Balaban J connectivity index is 2.29. The van der Waals surface area contributed by atoms with Crippen molar-refractivity contribution >= 4 is 17.4 Å². The molecule has 2 atom stereocenters. The Kier molecular flexibility index (Phi) is 4.50. The number of amides is 1. The lowest BCUT2D eigenvalue weighted by molar-refractivity contribution is -0.122. The molecule has 1 saturated heterocycles. The lowest BCUT2D eigenvalue weighted by Gasteiger charge is -2.38. The summed E-state index contributed by atoms with van der Waals surface area (Å²) in [4.78, 5) is 21.8. The molecule has 2 heterocycles. The lowest BCUT2D eigenvalue weighted by Crippen LogP contribution is -2.46. The Morgan fingerprint density at radius 3 is 2.76 bits per heavy atom. The number of hydrogen-bond acceptors (Lipinski definition) is 6. The predicted molar refractivity (Wildman–Crippen MR) is 80.9 cm³/mol. The van der Waals surface area contributed by atoms with Crippen molar-refractivity contribution in [2.24, 2.45) is 11.7 Å². The molecule has 21 heavy (non-hydrogen) atoms. The minimum atomic E-state index is -0.279. The van der Waals surface area contributed by atoms with Gasteiger partial charge in [0.05, 0.1) is 12.0 Å². The SMILES string of the molecule is CC(C)Oc1ncnc(N2CC(C(N)=O)CCC2C)c1N. The number of aromatic nitrogens is 2. The van der Waals surface area contributed by atoms with E-state index in [0.29, 0.717) is 23.9 Å². The third-order valence-electron chi connectivity index (χ3n) is 3.73. The van der Waals surface area contributed by atoms with Crippen molar-refractivity contribution in [3.63, 3.8) is 0 Å². The molecule has 7 nitrogen and oxygen atoms in total. The van der Waals surface area contributed by atoms with E-state index in [9.17, 15) is 4.79 Å². The van der Waals surface area contributed by atoms with Gasteiger partial charge < -0.3 is 21.1 Å². The molecule has 0 saturated carbocycles. The van der Waals surface area contributed by atoms with Crippen LogP contribution in [0.25, 0.3) is 0 Å². The largest absolute Gasteiger partial charge is 0.473 e. The Bertz CT molecular complexity index is 520. The molecule has 1 aromatic heterocycles. The fourth-order valence-electron chi connectivity index (χ4n) is 2.55. The highest BCUT2D eigenvalue weighted by Crippen LogP contribution is 2.33. The maximum absolute atomic E-state index is 11.4. The molecule has 4 N–H and O–H groups in total. The highest BCUT2D eigenvalue weighted by molar-refractivity contribution is 5.78. The van der Waals surface area contributed by atoms with Crippen LogP contribution in [0.2, 0.25) is 0 Å². The standard InChI is InChI=1S/C14H23N5O2/c1-8(2)21-14-11(15)13(17-7-18-14)19-6-10(12(16)20)5-4-9(19)3/h7-10H,4-6,15H2,1-3H3,(H2,16,20). The number of hydrogen-bond donors (Lipinski definition) is 2. The van der Waals surface area contributed by atoms with E-state index < -0.39 is 0 Å². The molecule has 0 aromatic carbocycles. The van der Waals surface area contributed by atoms with E-state index in [1.165, 1.54) is 6.33 Å². The molecule has 0 radical (unpaired) electrons. The van der Waals surface area contributed by atoms with Gasteiger partial charge in [-0.3, -0.25) is 4.79 Å². The smallest absolute Gasteiger partial charge is 0.242 e. The highest BCUT2D eigenvalue weighted by Gasteiger charge is 2.31. The summed E-state index contributed by atoms with van der Waals surface area (Å²) >= 11 is 0. The Morgan fingerprint density at radius 1 is 1.43 bits per heavy atom. The van der Waals surface area contributed by atoms with Gasteiger partial charge in [0.1, 0.15) is 12.0 Å². The average Bonchev–Trinajstić information content (AvgIpc) is 2.41. The van der Waals surface area contributed by atoms with Crippen LogP contribution < -0.4 is 21.1 Å². The number of nitrogens with two attached hydrogens (primary N) is 2. The maximum atomic E-state index is 11.4. The molecule has 0 bridgehead atoms. The van der Waals surface area contributed by atoms with Gasteiger partial charge in [-0.1, -0.05) is 0 Å². The molecule has 1 aliphatic heterocycles. The minimum Gasteiger partial charge on any atom is -0.473 e. The van der Waals surface area contributed by atoms with E-state index in [1.807, 2.05) is 18.7 Å². The monoisotopic (exact) mass is 293 g/mol. The highest BCUT2D eigenvalue weighted by atomic mass is 16.5. The lowest BCUT2D eigenvalue weighted by atomic mass is 9.93. The Morgan fingerprint density at radius 2 is 2.14 bits per heavy atom. The van der Waals surface area contributed by atoms with Gasteiger partial charge in [-0.05, 0) is 33.6 Å². The second kappa shape index (κ2) is 6.15. The van der Waals surface area contributed by atoms with Crippen molar-refractivity contribution < 1.29 is 9.53 Å². The van der Waals surface area contributed by atoms with Crippen molar-refractivity contribution in [1.82, 2.24) is 9.97 Å². The van der Waals surface area contributed by atoms with Crippen molar-refractivity contribution in [2.75, 3.05) is 17.2 Å².